The smallest absolute Gasteiger partial charge is 0.323 e. The molecular weight excluding hydrogens is 332 g/mol. The van der Waals surface area contributed by atoms with E-state index in [1.54, 1.807) is 11.9 Å². The summed E-state index contributed by atoms with van der Waals surface area (Å²) in [4.78, 5) is 31.8. The lowest BCUT2D eigenvalue weighted by molar-refractivity contribution is -0.134. The third-order valence-corrected chi connectivity index (χ3v) is 5.13. The molecule has 0 aromatic carbocycles. The highest BCUT2D eigenvalue weighted by atomic mass is 19.3. The number of imide groups is 1. The normalized spacial score (nSPS) is 27.0. The Morgan fingerprint density at radius 3 is 2.72 bits per heavy atom. The topological polar surface area (TPSA) is 70.5 Å². The van der Waals surface area contributed by atoms with E-state index in [2.05, 4.69) is 17.2 Å². The summed E-state index contributed by atoms with van der Waals surface area (Å²) in [5.41, 5.74) is -0.786. The molecule has 3 rings (SSSR count). The van der Waals surface area contributed by atoms with Crippen molar-refractivity contribution in [1.29, 1.82) is 0 Å². The molecule has 7 nitrogen and oxygen atoms in total. The first-order valence-electron chi connectivity index (χ1n) is 8.45. The van der Waals surface area contributed by atoms with Gasteiger partial charge in [0.05, 0.1) is 13.2 Å². The van der Waals surface area contributed by atoms with Crippen molar-refractivity contribution >= 4 is 11.9 Å². The number of aromatic nitrogens is 2. The SMILES string of the molecule is CC1CCC2(CC1)NC(=O)N(CN(C)Cc1nccn1C(F)F)C2=O. The van der Waals surface area contributed by atoms with Gasteiger partial charge in [-0.25, -0.2) is 14.7 Å². The van der Waals surface area contributed by atoms with Crippen LogP contribution in [0.2, 0.25) is 0 Å². The first-order valence-corrected chi connectivity index (χ1v) is 8.45. The van der Waals surface area contributed by atoms with Gasteiger partial charge in [-0.05, 0) is 38.6 Å². The summed E-state index contributed by atoms with van der Waals surface area (Å²) in [5.74, 6) is 0.527. The van der Waals surface area contributed by atoms with Gasteiger partial charge in [-0.15, -0.1) is 0 Å². The van der Waals surface area contributed by atoms with Crippen LogP contribution >= 0.6 is 0 Å². The number of halogens is 2. The minimum atomic E-state index is -2.67. The number of hydrogen-bond donors (Lipinski definition) is 1. The third kappa shape index (κ3) is 3.37. The van der Waals surface area contributed by atoms with Gasteiger partial charge in [-0.3, -0.25) is 14.3 Å². The average Bonchev–Trinajstić information content (AvgIpc) is 3.10. The van der Waals surface area contributed by atoms with E-state index >= 15 is 0 Å². The molecule has 1 saturated carbocycles. The number of amides is 3. The van der Waals surface area contributed by atoms with E-state index in [1.165, 1.54) is 17.3 Å². The summed E-state index contributed by atoms with van der Waals surface area (Å²) in [6, 6.07) is -0.413. The zero-order chi connectivity index (χ0) is 18.2. The summed E-state index contributed by atoms with van der Waals surface area (Å²) >= 11 is 0. The van der Waals surface area contributed by atoms with Crippen LogP contribution in [0.4, 0.5) is 13.6 Å². The molecule has 1 aromatic heterocycles. The van der Waals surface area contributed by atoms with Gasteiger partial charge in [-0.2, -0.15) is 8.78 Å². The van der Waals surface area contributed by atoms with Crippen molar-refractivity contribution in [2.75, 3.05) is 13.7 Å². The molecule has 0 radical (unpaired) electrons. The number of carbonyl (C=O) groups is 2. The number of imidazole rings is 1. The highest BCUT2D eigenvalue weighted by molar-refractivity contribution is 6.07. The van der Waals surface area contributed by atoms with Crippen molar-refractivity contribution in [3.8, 4) is 0 Å². The summed E-state index contributed by atoms with van der Waals surface area (Å²) in [5, 5.41) is 2.85. The molecule has 3 amide bonds. The van der Waals surface area contributed by atoms with Gasteiger partial charge in [-0.1, -0.05) is 6.92 Å². The van der Waals surface area contributed by atoms with Crippen molar-refractivity contribution in [2.45, 2.75) is 51.2 Å². The summed E-state index contributed by atoms with van der Waals surface area (Å²) in [7, 11) is 1.67. The molecule has 1 aliphatic heterocycles. The van der Waals surface area contributed by atoms with Gasteiger partial charge in [0.15, 0.2) is 0 Å². The zero-order valence-electron chi connectivity index (χ0n) is 14.4. The van der Waals surface area contributed by atoms with Crippen molar-refractivity contribution in [2.24, 2.45) is 5.92 Å². The number of nitrogens with zero attached hydrogens (tertiary/aromatic N) is 4. The van der Waals surface area contributed by atoms with Gasteiger partial charge in [0, 0.05) is 12.4 Å². The largest absolute Gasteiger partial charge is 0.326 e. The number of urea groups is 1. The van der Waals surface area contributed by atoms with Gasteiger partial charge in [0.25, 0.3) is 5.91 Å². The van der Waals surface area contributed by atoms with Crippen LogP contribution in [0.3, 0.4) is 0 Å². The quantitative estimate of drug-likeness (QED) is 0.822. The highest BCUT2D eigenvalue weighted by Crippen LogP contribution is 2.36. The molecule has 0 atom stereocenters. The Labute approximate surface area is 145 Å². The van der Waals surface area contributed by atoms with Crippen LogP contribution in [0, 0.1) is 5.92 Å². The maximum Gasteiger partial charge on any atom is 0.326 e. The standard InChI is InChI=1S/C16H23F2N5O2/c1-11-3-5-16(6-4-11)13(24)23(15(25)20-16)10-21(2)9-12-19-7-8-22(12)14(17)18/h7-8,11,14H,3-6,9-10H2,1-2H3,(H,20,25). The van der Waals surface area contributed by atoms with E-state index in [0.717, 1.165) is 17.4 Å². The predicted octanol–water partition coefficient (Wildman–Crippen LogP) is 2.17. The molecule has 1 spiro atoms. The monoisotopic (exact) mass is 355 g/mol. The fourth-order valence-corrected chi connectivity index (χ4v) is 3.58. The fraction of sp³-hybridized carbons (Fsp3) is 0.688. The van der Waals surface area contributed by atoms with E-state index in [1.807, 2.05) is 0 Å². The molecule has 2 aliphatic rings. The molecule has 2 fully saturated rings. The lowest BCUT2D eigenvalue weighted by Crippen LogP contribution is -2.49. The van der Waals surface area contributed by atoms with Gasteiger partial charge in [0.2, 0.25) is 0 Å². The van der Waals surface area contributed by atoms with Crippen molar-refractivity contribution < 1.29 is 18.4 Å². The fourth-order valence-electron chi connectivity index (χ4n) is 3.58. The zero-order valence-corrected chi connectivity index (χ0v) is 14.4. The highest BCUT2D eigenvalue weighted by Gasteiger charge is 2.52. The molecule has 1 aliphatic carbocycles. The molecule has 0 unspecified atom stereocenters. The summed E-state index contributed by atoms with van der Waals surface area (Å²) < 4.78 is 26.5. The van der Waals surface area contributed by atoms with Crippen LogP contribution in [0.1, 0.15) is 45.0 Å². The van der Waals surface area contributed by atoms with Crippen LogP contribution in [0.15, 0.2) is 12.4 Å². The molecule has 9 heteroatoms. The van der Waals surface area contributed by atoms with Crippen LogP contribution in [0.25, 0.3) is 0 Å². The van der Waals surface area contributed by atoms with E-state index in [4.69, 9.17) is 0 Å². The van der Waals surface area contributed by atoms with E-state index < -0.39 is 18.1 Å². The van der Waals surface area contributed by atoms with E-state index in [9.17, 15) is 18.4 Å². The van der Waals surface area contributed by atoms with Crippen LogP contribution in [-0.4, -0.2) is 50.5 Å². The minimum Gasteiger partial charge on any atom is -0.323 e. The Balaban J connectivity index is 1.65. The number of nitrogens with one attached hydrogen (secondary N) is 1. The Morgan fingerprint density at radius 1 is 1.40 bits per heavy atom. The Morgan fingerprint density at radius 2 is 2.08 bits per heavy atom. The maximum absolute atomic E-state index is 12.9. The molecule has 25 heavy (non-hydrogen) atoms. The minimum absolute atomic E-state index is 0.0398. The van der Waals surface area contributed by atoms with Crippen LogP contribution < -0.4 is 5.32 Å². The third-order valence-electron chi connectivity index (χ3n) is 5.13. The maximum atomic E-state index is 12.9. The molecule has 2 heterocycles. The second kappa shape index (κ2) is 6.70. The Kier molecular flexibility index (Phi) is 4.77. The molecule has 1 aromatic rings. The second-order valence-corrected chi connectivity index (χ2v) is 7.11. The molecule has 1 N–H and O–H groups in total. The van der Waals surface area contributed by atoms with Crippen molar-refractivity contribution in [3.05, 3.63) is 18.2 Å². The molecular formula is C16H23F2N5O2. The Hall–Kier alpha value is -2.03. The first-order chi connectivity index (χ1) is 11.8. The number of alkyl halides is 2. The van der Waals surface area contributed by atoms with Crippen LogP contribution in [0.5, 0.6) is 0 Å². The number of carbonyl (C=O) groups excluding carboxylic acids is 2. The van der Waals surface area contributed by atoms with Gasteiger partial charge in [0.1, 0.15) is 11.4 Å². The predicted molar refractivity (Wildman–Crippen MR) is 85.6 cm³/mol. The summed E-state index contributed by atoms with van der Waals surface area (Å²) in [6.07, 6.45) is 5.62. The Bertz CT molecular complexity index is 655. The number of hydrogen-bond acceptors (Lipinski definition) is 4. The number of rotatable bonds is 5. The van der Waals surface area contributed by atoms with Crippen molar-refractivity contribution in [1.82, 2.24) is 24.7 Å². The lowest BCUT2D eigenvalue weighted by atomic mass is 9.77. The lowest BCUT2D eigenvalue weighted by Gasteiger charge is -2.33. The van der Waals surface area contributed by atoms with E-state index in [-0.39, 0.29) is 24.9 Å². The summed E-state index contributed by atoms with van der Waals surface area (Å²) in [6.45, 7) is -0.378. The molecule has 0 bridgehead atoms. The van der Waals surface area contributed by atoms with Gasteiger partial charge >= 0.3 is 12.6 Å². The first kappa shape index (κ1) is 17.8. The van der Waals surface area contributed by atoms with Crippen molar-refractivity contribution in [3.63, 3.8) is 0 Å². The molecule has 138 valence electrons. The van der Waals surface area contributed by atoms with E-state index in [0.29, 0.717) is 18.8 Å². The molecule has 1 saturated heterocycles. The average molecular weight is 355 g/mol. The van der Waals surface area contributed by atoms with Crippen LogP contribution in [-0.2, 0) is 11.3 Å². The second-order valence-electron chi connectivity index (χ2n) is 7.11. The van der Waals surface area contributed by atoms with Gasteiger partial charge < -0.3 is 5.32 Å².